The molecule has 22 heavy (non-hydrogen) atoms. The van der Waals surface area contributed by atoms with Crippen LogP contribution in [0.5, 0.6) is 5.75 Å². The van der Waals surface area contributed by atoms with E-state index in [-0.39, 0.29) is 24.0 Å². The number of amides is 1. The normalized spacial score (nSPS) is 26.8. The van der Waals surface area contributed by atoms with Gasteiger partial charge in [0.2, 0.25) is 0 Å². The minimum atomic E-state index is -0.837. The van der Waals surface area contributed by atoms with Crippen molar-refractivity contribution in [2.24, 2.45) is 0 Å². The molecule has 3 atom stereocenters. The number of Topliss-reactive ketones (excluding diaryl/α,β-unsaturated/α-hetero) is 1. The Balaban J connectivity index is 1.72. The monoisotopic (exact) mass is 323 g/mol. The maximum absolute atomic E-state index is 11.5. The van der Waals surface area contributed by atoms with Gasteiger partial charge >= 0.3 is 6.09 Å². The minimum Gasteiger partial charge on any atom is -0.490 e. The van der Waals surface area contributed by atoms with Crippen LogP contribution < -0.4 is 4.74 Å². The molecular formula is C16H18ClNO4. The van der Waals surface area contributed by atoms with Crippen molar-refractivity contribution in [1.29, 1.82) is 0 Å². The molecule has 0 radical (unpaired) electrons. The number of piperidine rings is 1. The van der Waals surface area contributed by atoms with Crippen LogP contribution in [0.25, 0.3) is 0 Å². The first-order valence-corrected chi connectivity index (χ1v) is 7.82. The second-order valence-electron chi connectivity index (χ2n) is 5.98. The van der Waals surface area contributed by atoms with Gasteiger partial charge in [-0.05, 0) is 38.0 Å². The lowest BCUT2D eigenvalue weighted by Crippen LogP contribution is -2.48. The molecule has 118 valence electrons. The average molecular weight is 324 g/mol. The van der Waals surface area contributed by atoms with Crippen molar-refractivity contribution < 1.29 is 19.4 Å². The number of rotatable bonds is 3. The molecule has 1 aromatic rings. The SMILES string of the molecule is CC(=O)c1cc(OC2C[C@H]3CC[C@@H](C2)N3C(=O)O)ccc1Cl. The Morgan fingerprint density at radius 1 is 1.27 bits per heavy atom. The van der Waals surface area contributed by atoms with Crippen LogP contribution in [0.1, 0.15) is 43.0 Å². The Bertz CT molecular complexity index is 604. The van der Waals surface area contributed by atoms with Crippen LogP contribution in [0, 0.1) is 0 Å². The van der Waals surface area contributed by atoms with Gasteiger partial charge in [0.25, 0.3) is 0 Å². The highest BCUT2D eigenvalue weighted by Gasteiger charge is 2.44. The summed E-state index contributed by atoms with van der Waals surface area (Å²) >= 11 is 6.00. The van der Waals surface area contributed by atoms with Gasteiger partial charge in [0.1, 0.15) is 11.9 Å². The number of ketones is 1. The summed E-state index contributed by atoms with van der Waals surface area (Å²) in [6.07, 6.45) is 2.33. The highest BCUT2D eigenvalue weighted by molar-refractivity contribution is 6.33. The van der Waals surface area contributed by atoms with Crippen molar-refractivity contribution in [3.05, 3.63) is 28.8 Å². The summed E-state index contributed by atoms with van der Waals surface area (Å²) in [4.78, 5) is 24.4. The molecule has 5 nitrogen and oxygen atoms in total. The molecule has 2 saturated heterocycles. The molecule has 0 saturated carbocycles. The number of hydrogen-bond donors (Lipinski definition) is 1. The summed E-state index contributed by atoms with van der Waals surface area (Å²) in [6.45, 7) is 1.47. The molecule has 2 heterocycles. The van der Waals surface area contributed by atoms with Crippen molar-refractivity contribution in [3.63, 3.8) is 0 Å². The summed E-state index contributed by atoms with van der Waals surface area (Å²) < 4.78 is 5.98. The predicted octanol–water partition coefficient (Wildman–Crippen LogP) is 3.59. The van der Waals surface area contributed by atoms with Crippen LogP contribution in [-0.4, -0.2) is 40.1 Å². The number of carbonyl (C=O) groups excluding carboxylic acids is 1. The Labute approximate surface area is 133 Å². The van der Waals surface area contributed by atoms with Crippen LogP contribution in [0.4, 0.5) is 4.79 Å². The Morgan fingerprint density at radius 2 is 1.91 bits per heavy atom. The summed E-state index contributed by atoms with van der Waals surface area (Å²) in [5, 5.41) is 9.67. The largest absolute Gasteiger partial charge is 0.490 e. The van der Waals surface area contributed by atoms with E-state index in [9.17, 15) is 14.7 Å². The molecule has 1 N–H and O–H groups in total. The first-order chi connectivity index (χ1) is 10.5. The molecule has 0 aromatic heterocycles. The highest BCUT2D eigenvalue weighted by Crippen LogP contribution is 2.37. The second-order valence-corrected chi connectivity index (χ2v) is 6.39. The molecular weight excluding hydrogens is 306 g/mol. The van der Waals surface area contributed by atoms with E-state index in [0.717, 1.165) is 12.8 Å². The van der Waals surface area contributed by atoms with Gasteiger partial charge in [0.15, 0.2) is 5.78 Å². The van der Waals surface area contributed by atoms with E-state index in [1.165, 1.54) is 6.92 Å². The number of ether oxygens (including phenoxy) is 1. The van der Waals surface area contributed by atoms with Crippen LogP contribution in [0.2, 0.25) is 5.02 Å². The van der Waals surface area contributed by atoms with Gasteiger partial charge in [-0.2, -0.15) is 0 Å². The van der Waals surface area contributed by atoms with E-state index in [0.29, 0.717) is 29.2 Å². The van der Waals surface area contributed by atoms with E-state index in [4.69, 9.17) is 16.3 Å². The van der Waals surface area contributed by atoms with E-state index in [2.05, 4.69) is 0 Å². The van der Waals surface area contributed by atoms with Gasteiger partial charge in [-0.1, -0.05) is 11.6 Å². The number of carboxylic acid groups (broad SMARTS) is 1. The lowest BCUT2D eigenvalue weighted by atomic mass is 10.00. The van der Waals surface area contributed by atoms with Crippen molar-refractivity contribution >= 4 is 23.5 Å². The third-order valence-electron chi connectivity index (χ3n) is 4.53. The Kier molecular flexibility index (Phi) is 4.00. The first-order valence-electron chi connectivity index (χ1n) is 7.44. The fourth-order valence-electron chi connectivity index (χ4n) is 3.58. The van der Waals surface area contributed by atoms with Gasteiger partial charge in [0.05, 0.1) is 5.02 Å². The van der Waals surface area contributed by atoms with Crippen LogP contribution in [0.3, 0.4) is 0 Å². The maximum atomic E-state index is 11.5. The third-order valence-corrected chi connectivity index (χ3v) is 4.86. The molecule has 0 aliphatic carbocycles. The van der Waals surface area contributed by atoms with E-state index >= 15 is 0 Å². The molecule has 2 aliphatic rings. The maximum Gasteiger partial charge on any atom is 0.407 e. The van der Waals surface area contributed by atoms with Gasteiger partial charge in [-0.3, -0.25) is 4.79 Å². The lowest BCUT2D eigenvalue weighted by Gasteiger charge is -2.37. The molecule has 1 unspecified atom stereocenters. The van der Waals surface area contributed by atoms with Gasteiger partial charge in [-0.25, -0.2) is 4.79 Å². The number of benzene rings is 1. The molecule has 2 fully saturated rings. The number of fused-ring (bicyclic) bond motifs is 2. The van der Waals surface area contributed by atoms with Crippen LogP contribution >= 0.6 is 11.6 Å². The van der Waals surface area contributed by atoms with Gasteiger partial charge in [-0.15, -0.1) is 0 Å². The minimum absolute atomic E-state index is 0.0194. The molecule has 3 rings (SSSR count). The summed E-state index contributed by atoms with van der Waals surface area (Å²) in [5.74, 6) is 0.513. The van der Waals surface area contributed by atoms with E-state index < -0.39 is 6.09 Å². The number of hydrogen-bond acceptors (Lipinski definition) is 3. The summed E-state index contributed by atoms with van der Waals surface area (Å²) in [5.41, 5.74) is 0.449. The topological polar surface area (TPSA) is 66.8 Å². The zero-order valence-corrected chi connectivity index (χ0v) is 13.0. The van der Waals surface area contributed by atoms with Crippen LogP contribution in [-0.2, 0) is 0 Å². The Morgan fingerprint density at radius 3 is 2.45 bits per heavy atom. The molecule has 6 heteroatoms. The fourth-order valence-corrected chi connectivity index (χ4v) is 3.83. The van der Waals surface area contributed by atoms with Gasteiger partial charge < -0.3 is 14.7 Å². The molecule has 1 amide bonds. The summed E-state index contributed by atoms with van der Waals surface area (Å²) in [7, 11) is 0. The molecule has 2 bridgehead atoms. The number of nitrogens with zero attached hydrogens (tertiary/aromatic N) is 1. The quantitative estimate of drug-likeness (QED) is 0.863. The second kappa shape index (κ2) is 5.80. The zero-order chi connectivity index (χ0) is 15.9. The Hall–Kier alpha value is -1.75. The number of halogens is 1. The zero-order valence-electron chi connectivity index (χ0n) is 12.3. The van der Waals surface area contributed by atoms with Crippen molar-refractivity contribution in [1.82, 2.24) is 4.90 Å². The first kappa shape index (κ1) is 15.2. The number of carbonyl (C=O) groups is 2. The fraction of sp³-hybridized carbons (Fsp3) is 0.500. The van der Waals surface area contributed by atoms with Crippen molar-refractivity contribution in [2.75, 3.05) is 0 Å². The predicted molar refractivity (Wildman–Crippen MR) is 81.8 cm³/mol. The van der Waals surface area contributed by atoms with Crippen molar-refractivity contribution in [2.45, 2.75) is 50.8 Å². The smallest absolute Gasteiger partial charge is 0.407 e. The molecule has 0 spiro atoms. The van der Waals surface area contributed by atoms with Gasteiger partial charge in [0, 0.05) is 30.5 Å². The van der Waals surface area contributed by atoms with E-state index in [1.807, 2.05) is 0 Å². The third kappa shape index (κ3) is 2.77. The summed E-state index contributed by atoms with van der Waals surface area (Å²) in [6, 6.07) is 5.16. The molecule has 1 aromatic carbocycles. The van der Waals surface area contributed by atoms with Crippen LogP contribution in [0.15, 0.2) is 18.2 Å². The highest BCUT2D eigenvalue weighted by atomic mass is 35.5. The van der Waals surface area contributed by atoms with Crippen molar-refractivity contribution in [3.8, 4) is 5.75 Å². The lowest BCUT2D eigenvalue weighted by molar-refractivity contribution is 0.0495. The average Bonchev–Trinajstić information content (AvgIpc) is 2.73. The standard InChI is InChI=1S/C16H18ClNO4/c1-9(19)14-8-12(4-5-15(14)17)22-13-6-10-2-3-11(7-13)18(10)16(20)21/h4-5,8,10-11,13H,2-3,6-7H2,1H3,(H,20,21)/t10-,11+,13?. The molecule has 2 aliphatic heterocycles. The van der Waals surface area contributed by atoms with E-state index in [1.54, 1.807) is 23.1 Å².